The molecular weight excluding hydrogens is 346 g/mol. The fourth-order valence-electron chi connectivity index (χ4n) is 4.42. The second-order valence-electron chi connectivity index (χ2n) is 8.55. The first kappa shape index (κ1) is 20.6. The van der Waals surface area contributed by atoms with Gasteiger partial charge < -0.3 is 4.74 Å². The van der Waals surface area contributed by atoms with Crippen LogP contribution in [0.1, 0.15) is 62.1 Å². The van der Waals surface area contributed by atoms with Crippen LogP contribution in [-0.2, 0) is 21.6 Å². The number of carbonyl (C=O) groups excluding carboxylic acids is 1. The monoisotopic (exact) mass is 379 g/mol. The van der Waals surface area contributed by atoms with Gasteiger partial charge in [0.15, 0.2) is 0 Å². The van der Waals surface area contributed by atoms with Gasteiger partial charge in [-0.1, -0.05) is 67.4 Å². The maximum Gasteiger partial charge on any atom is 0.309 e. The zero-order valence-corrected chi connectivity index (χ0v) is 17.7. The van der Waals surface area contributed by atoms with Crippen LogP contribution in [0, 0.1) is 5.92 Å². The Morgan fingerprint density at radius 1 is 1.07 bits per heavy atom. The fourth-order valence-corrected chi connectivity index (χ4v) is 4.42. The Kier molecular flexibility index (Phi) is 6.56. The van der Waals surface area contributed by atoms with E-state index in [2.05, 4.69) is 80.4 Å². The average Bonchev–Trinajstić information content (AvgIpc) is 2.74. The van der Waals surface area contributed by atoms with E-state index >= 15 is 0 Å². The third-order valence-electron chi connectivity index (χ3n) is 6.50. The van der Waals surface area contributed by atoms with Crippen LogP contribution >= 0.6 is 0 Å². The van der Waals surface area contributed by atoms with Crippen molar-refractivity contribution in [2.24, 2.45) is 5.92 Å². The van der Waals surface area contributed by atoms with Gasteiger partial charge in [0.1, 0.15) is 0 Å². The summed E-state index contributed by atoms with van der Waals surface area (Å²) in [7, 11) is 3.68. The Hall–Kier alpha value is -2.13. The van der Waals surface area contributed by atoms with E-state index in [1.165, 1.54) is 30.2 Å². The van der Waals surface area contributed by atoms with Gasteiger partial charge in [-0.25, -0.2) is 0 Å². The van der Waals surface area contributed by atoms with Crippen molar-refractivity contribution in [3.8, 4) is 0 Å². The molecule has 0 heterocycles. The molecule has 0 aliphatic heterocycles. The number of nitrogens with zero attached hydrogens (tertiary/aromatic N) is 1. The zero-order valence-electron chi connectivity index (χ0n) is 17.7. The van der Waals surface area contributed by atoms with Crippen LogP contribution in [0.2, 0.25) is 0 Å². The Morgan fingerprint density at radius 3 is 2.50 bits per heavy atom. The molecule has 0 saturated heterocycles. The molecule has 0 amide bonds. The maximum atomic E-state index is 12.3. The first-order valence-electron chi connectivity index (χ1n) is 10.4. The molecule has 150 valence electrons. The van der Waals surface area contributed by atoms with Gasteiger partial charge >= 0.3 is 5.97 Å². The molecular formula is C25H33NO2. The summed E-state index contributed by atoms with van der Waals surface area (Å²) in [6, 6.07) is 19.4. The van der Waals surface area contributed by atoms with Gasteiger partial charge in [0.2, 0.25) is 0 Å². The lowest BCUT2D eigenvalue weighted by atomic mass is 9.75. The second kappa shape index (κ2) is 8.91. The van der Waals surface area contributed by atoms with Crippen molar-refractivity contribution in [2.75, 3.05) is 14.2 Å². The van der Waals surface area contributed by atoms with E-state index in [1.807, 2.05) is 0 Å². The van der Waals surface area contributed by atoms with Gasteiger partial charge in [-0.15, -0.1) is 0 Å². The molecule has 2 aromatic carbocycles. The van der Waals surface area contributed by atoms with Gasteiger partial charge in [0.05, 0.1) is 13.0 Å². The highest BCUT2D eigenvalue weighted by atomic mass is 16.5. The van der Waals surface area contributed by atoms with Gasteiger partial charge in [-0.2, -0.15) is 0 Å². The molecule has 1 saturated carbocycles. The predicted molar refractivity (Wildman–Crippen MR) is 114 cm³/mol. The van der Waals surface area contributed by atoms with Crippen molar-refractivity contribution >= 4 is 5.97 Å². The van der Waals surface area contributed by atoms with Crippen LogP contribution in [-0.4, -0.2) is 25.0 Å². The van der Waals surface area contributed by atoms with Crippen molar-refractivity contribution in [1.29, 1.82) is 0 Å². The van der Waals surface area contributed by atoms with Crippen molar-refractivity contribution < 1.29 is 9.53 Å². The number of carbonyl (C=O) groups is 1. The summed E-state index contributed by atoms with van der Waals surface area (Å²) in [5.74, 6) is 0.207. The summed E-state index contributed by atoms with van der Waals surface area (Å²) in [5, 5.41) is 0. The van der Waals surface area contributed by atoms with E-state index in [4.69, 9.17) is 4.74 Å². The molecule has 1 fully saturated rings. The Morgan fingerprint density at radius 2 is 1.79 bits per heavy atom. The van der Waals surface area contributed by atoms with E-state index in [-0.39, 0.29) is 23.3 Å². The van der Waals surface area contributed by atoms with Crippen molar-refractivity contribution in [2.45, 2.75) is 57.5 Å². The number of hydrogen-bond acceptors (Lipinski definition) is 3. The topological polar surface area (TPSA) is 29.5 Å². The molecule has 0 aromatic heterocycles. The summed E-state index contributed by atoms with van der Waals surface area (Å²) >= 11 is 0. The molecule has 1 aliphatic rings. The third-order valence-corrected chi connectivity index (χ3v) is 6.50. The average molecular weight is 380 g/mol. The molecule has 0 N–H and O–H groups in total. The molecule has 2 aromatic rings. The van der Waals surface area contributed by atoms with Crippen LogP contribution in [0.5, 0.6) is 0 Å². The number of hydrogen-bond donors (Lipinski definition) is 0. The molecule has 1 aliphatic carbocycles. The lowest BCUT2D eigenvalue weighted by molar-refractivity contribution is -0.147. The van der Waals surface area contributed by atoms with Gasteiger partial charge in [0.25, 0.3) is 0 Å². The summed E-state index contributed by atoms with van der Waals surface area (Å²) in [6.07, 6.45) is 4.30. The maximum absolute atomic E-state index is 12.3. The molecule has 28 heavy (non-hydrogen) atoms. The van der Waals surface area contributed by atoms with Crippen LogP contribution in [0.4, 0.5) is 0 Å². The van der Waals surface area contributed by atoms with Crippen LogP contribution in [0.3, 0.4) is 0 Å². The number of ether oxygens (including phenoxy) is 1. The van der Waals surface area contributed by atoms with Crippen molar-refractivity contribution in [3.05, 3.63) is 71.3 Å². The van der Waals surface area contributed by atoms with Crippen molar-refractivity contribution in [3.63, 3.8) is 0 Å². The molecule has 0 spiro atoms. The van der Waals surface area contributed by atoms with Gasteiger partial charge in [-0.3, -0.25) is 9.69 Å². The quantitative estimate of drug-likeness (QED) is 0.621. The molecule has 3 nitrogen and oxygen atoms in total. The van der Waals surface area contributed by atoms with E-state index in [0.29, 0.717) is 0 Å². The highest BCUT2D eigenvalue weighted by Crippen LogP contribution is 2.39. The highest BCUT2D eigenvalue weighted by molar-refractivity contribution is 5.73. The van der Waals surface area contributed by atoms with E-state index in [1.54, 1.807) is 0 Å². The number of esters is 1. The van der Waals surface area contributed by atoms with Crippen LogP contribution in [0.25, 0.3) is 0 Å². The molecule has 0 unspecified atom stereocenters. The number of rotatable bonds is 6. The van der Waals surface area contributed by atoms with E-state index in [0.717, 1.165) is 25.8 Å². The highest BCUT2D eigenvalue weighted by Gasteiger charge is 2.33. The number of benzene rings is 2. The van der Waals surface area contributed by atoms with E-state index in [9.17, 15) is 4.79 Å². The Balaban J connectivity index is 1.78. The minimum Gasteiger partial charge on any atom is -0.469 e. The van der Waals surface area contributed by atoms with Crippen molar-refractivity contribution in [1.82, 2.24) is 4.90 Å². The summed E-state index contributed by atoms with van der Waals surface area (Å²) in [4.78, 5) is 14.7. The summed E-state index contributed by atoms with van der Waals surface area (Å²) in [5.41, 5.74) is 3.82. The lowest BCUT2D eigenvalue weighted by Crippen LogP contribution is -2.38. The third kappa shape index (κ3) is 4.47. The van der Waals surface area contributed by atoms with E-state index < -0.39 is 0 Å². The van der Waals surface area contributed by atoms with Crippen LogP contribution in [0.15, 0.2) is 54.6 Å². The van der Waals surface area contributed by atoms with Gasteiger partial charge in [-0.05, 0) is 56.3 Å². The van der Waals surface area contributed by atoms with Gasteiger partial charge in [0, 0.05) is 12.1 Å². The first-order valence-corrected chi connectivity index (χ1v) is 10.4. The molecule has 0 radical (unpaired) electrons. The standard InChI is InChI=1S/C25H33NO2/c1-25(2,21-13-6-5-7-14-21)26(3)18-19-11-10-12-20(17-19)22-15-8-9-16-23(22)24(27)28-4/h5-7,10-14,17,22-23H,8-9,15-16,18H2,1-4H3/t22-,23+/m1/s1. The summed E-state index contributed by atoms with van der Waals surface area (Å²) in [6.45, 7) is 5.40. The summed E-state index contributed by atoms with van der Waals surface area (Å²) < 4.78 is 5.08. The molecule has 3 rings (SSSR count). The SMILES string of the molecule is COC(=O)[C@H]1CCCC[C@@H]1c1cccc(CN(C)C(C)(C)c2ccccc2)c1. The lowest BCUT2D eigenvalue weighted by Gasteiger charge is -2.36. The fraction of sp³-hybridized carbons (Fsp3) is 0.480. The normalized spacial score (nSPS) is 20.2. The smallest absolute Gasteiger partial charge is 0.309 e. The predicted octanol–water partition coefficient (Wildman–Crippen LogP) is 5.50. The minimum atomic E-state index is -0.0589. The Labute approximate surface area is 169 Å². The number of methoxy groups -OCH3 is 1. The second-order valence-corrected chi connectivity index (χ2v) is 8.55. The molecule has 2 atom stereocenters. The first-order chi connectivity index (χ1) is 13.4. The van der Waals surface area contributed by atoms with Crippen LogP contribution < -0.4 is 0 Å². The minimum absolute atomic E-state index is 0.00695. The molecule has 3 heteroatoms. The Bertz CT molecular complexity index is 784. The largest absolute Gasteiger partial charge is 0.469 e. The zero-order chi connectivity index (χ0) is 20.1. The molecule has 0 bridgehead atoms.